The molecule has 2 N–H and O–H groups in total. The predicted octanol–water partition coefficient (Wildman–Crippen LogP) is 4.48. The summed E-state index contributed by atoms with van der Waals surface area (Å²) < 4.78 is 0. The number of hydrogen-bond donors (Lipinski definition) is 2. The number of nitrogens with one attached hydrogen (secondary N) is 2. The van der Waals surface area contributed by atoms with E-state index in [4.69, 9.17) is 11.6 Å². The van der Waals surface area contributed by atoms with Crippen LogP contribution >= 0.6 is 11.6 Å². The van der Waals surface area contributed by atoms with Crippen molar-refractivity contribution in [2.45, 2.75) is 32.7 Å². The Bertz CT molecular complexity index is 1040. The summed E-state index contributed by atoms with van der Waals surface area (Å²) in [7, 11) is 0. The van der Waals surface area contributed by atoms with Crippen molar-refractivity contribution in [2.24, 2.45) is 0 Å². The van der Waals surface area contributed by atoms with Crippen molar-refractivity contribution in [2.75, 3.05) is 28.6 Å². The fourth-order valence-electron chi connectivity index (χ4n) is 3.70. The van der Waals surface area contributed by atoms with Crippen molar-refractivity contribution < 1.29 is 4.79 Å². The van der Waals surface area contributed by atoms with Gasteiger partial charge >= 0.3 is 0 Å². The topological polar surface area (TPSA) is 83.0 Å². The molecular formula is C23H25ClN6O. The van der Waals surface area contributed by atoms with Crippen molar-refractivity contribution in [1.82, 2.24) is 15.0 Å². The minimum Gasteiger partial charge on any atom is -0.367 e. The minimum atomic E-state index is -0.218. The lowest BCUT2D eigenvalue weighted by Gasteiger charge is -2.33. The Morgan fingerprint density at radius 1 is 1.10 bits per heavy atom. The largest absolute Gasteiger partial charge is 0.367 e. The Hall–Kier alpha value is -3.19. The van der Waals surface area contributed by atoms with E-state index in [1.165, 1.54) is 0 Å². The van der Waals surface area contributed by atoms with Gasteiger partial charge in [-0.05, 0) is 57.0 Å². The Balaban J connectivity index is 1.31. The van der Waals surface area contributed by atoms with Crippen molar-refractivity contribution in [1.29, 1.82) is 0 Å². The number of piperidine rings is 1. The SMILES string of the molecule is Cc1cc(N2CCC(Nc3ccc(C(=O)Nc4cccc(Cl)c4)cn3)CC2)nc(C)n1. The molecule has 1 saturated heterocycles. The first-order valence-corrected chi connectivity index (χ1v) is 10.7. The maximum atomic E-state index is 12.4. The van der Waals surface area contributed by atoms with Gasteiger partial charge in [-0.3, -0.25) is 4.79 Å². The number of amides is 1. The van der Waals surface area contributed by atoms with E-state index in [1.807, 2.05) is 26.0 Å². The van der Waals surface area contributed by atoms with E-state index in [2.05, 4.69) is 30.5 Å². The van der Waals surface area contributed by atoms with Gasteiger partial charge in [-0.15, -0.1) is 0 Å². The van der Waals surface area contributed by atoms with Crippen LogP contribution in [0.5, 0.6) is 0 Å². The number of anilines is 3. The molecule has 1 amide bonds. The molecule has 31 heavy (non-hydrogen) atoms. The van der Waals surface area contributed by atoms with Crippen LogP contribution in [0.3, 0.4) is 0 Å². The second-order valence-electron chi connectivity index (χ2n) is 7.72. The monoisotopic (exact) mass is 436 g/mol. The van der Waals surface area contributed by atoms with Crippen LogP contribution < -0.4 is 15.5 Å². The normalized spacial score (nSPS) is 14.4. The van der Waals surface area contributed by atoms with Crippen LogP contribution in [0.15, 0.2) is 48.7 Å². The number of aromatic nitrogens is 3. The maximum absolute atomic E-state index is 12.4. The van der Waals surface area contributed by atoms with E-state index in [9.17, 15) is 4.79 Å². The van der Waals surface area contributed by atoms with Crippen molar-refractivity contribution in [3.05, 3.63) is 70.8 Å². The molecule has 3 heterocycles. The van der Waals surface area contributed by atoms with E-state index < -0.39 is 0 Å². The molecular weight excluding hydrogens is 412 g/mol. The van der Waals surface area contributed by atoms with Crippen LogP contribution in [-0.2, 0) is 0 Å². The molecule has 8 heteroatoms. The summed E-state index contributed by atoms with van der Waals surface area (Å²) in [5.74, 6) is 2.35. The highest BCUT2D eigenvalue weighted by Crippen LogP contribution is 2.21. The van der Waals surface area contributed by atoms with Gasteiger partial charge in [0.15, 0.2) is 0 Å². The lowest BCUT2D eigenvalue weighted by molar-refractivity contribution is 0.102. The van der Waals surface area contributed by atoms with Crippen LogP contribution in [-0.4, -0.2) is 40.0 Å². The number of benzene rings is 1. The number of halogens is 1. The van der Waals surface area contributed by atoms with Crippen LogP contribution in [0.25, 0.3) is 0 Å². The highest BCUT2D eigenvalue weighted by Gasteiger charge is 2.21. The van der Waals surface area contributed by atoms with Gasteiger partial charge in [0.25, 0.3) is 5.91 Å². The summed E-state index contributed by atoms with van der Waals surface area (Å²) in [4.78, 5) is 28.1. The van der Waals surface area contributed by atoms with E-state index in [0.717, 1.165) is 49.1 Å². The molecule has 2 aromatic heterocycles. The van der Waals surface area contributed by atoms with Gasteiger partial charge < -0.3 is 15.5 Å². The summed E-state index contributed by atoms with van der Waals surface area (Å²) in [6.07, 6.45) is 3.56. The molecule has 1 fully saturated rings. The van der Waals surface area contributed by atoms with Gasteiger partial charge in [0, 0.05) is 47.8 Å². The minimum absolute atomic E-state index is 0.218. The smallest absolute Gasteiger partial charge is 0.257 e. The molecule has 0 atom stereocenters. The molecule has 4 rings (SSSR count). The summed E-state index contributed by atoms with van der Waals surface area (Å²) in [5.41, 5.74) is 2.14. The average Bonchev–Trinajstić information content (AvgIpc) is 2.74. The summed E-state index contributed by atoms with van der Waals surface area (Å²) in [5, 5.41) is 6.88. The van der Waals surface area contributed by atoms with Crippen molar-refractivity contribution in [3.63, 3.8) is 0 Å². The Labute approximate surface area is 186 Å². The summed E-state index contributed by atoms with van der Waals surface area (Å²) in [6, 6.07) is 13.0. The van der Waals surface area contributed by atoms with Gasteiger partial charge in [0.2, 0.25) is 0 Å². The lowest BCUT2D eigenvalue weighted by Crippen LogP contribution is -2.39. The number of rotatable bonds is 5. The fourth-order valence-corrected chi connectivity index (χ4v) is 3.89. The molecule has 1 aliphatic heterocycles. The molecule has 0 radical (unpaired) electrons. The number of aryl methyl sites for hydroxylation is 2. The highest BCUT2D eigenvalue weighted by atomic mass is 35.5. The van der Waals surface area contributed by atoms with Crippen molar-refractivity contribution >= 4 is 34.8 Å². The van der Waals surface area contributed by atoms with Crippen LogP contribution in [0.1, 0.15) is 34.7 Å². The molecule has 7 nitrogen and oxygen atoms in total. The fraction of sp³-hybridized carbons (Fsp3) is 0.304. The molecule has 0 saturated carbocycles. The number of pyridine rings is 1. The zero-order valence-corrected chi connectivity index (χ0v) is 18.4. The third-order valence-electron chi connectivity index (χ3n) is 5.23. The molecule has 0 unspecified atom stereocenters. The first kappa shape index (κ1) is 21.1. The van der Waals surface area contributed by atoms with Crippen LogP contribution in [0.4, 0.5) is 17.3 Å². The average molecular weight is 437 g/mol. The number of carbonyl (C=O) groups is 1. The van der Waals surface area contributed by atoms with E-state index in [-0.39, 0.29) is 5.91 Å². The molecule has 160 valence electrons. The molecule has 0 spiro atoms. The van der Waals surface area contributed by atoms with Crippen molar-refractivity contribution in [3.8, 4) is 0 Å². The van der Waals surface area contributed by atoms with E-state index >= 15 is 0 Å². The number of nitrogens with zero attached hydrogens (tertiary/aromatic N) is 4. The van der Waals surface area contributed by atoms with Gasteiger partial charge in [0.05, 0.1) is 5.56 Å². The zero-order chi connectivity index (χ0) is 21.8. The number of hydrogen-bond acceptors (Lipinski definition) is 6. The molecule has 1 aromatic carbocycles. The summed E-state index contributed by atoms with van der Waals surface area (Å²) in [6.45, 7) is 5.77. The third-order valence-corrected chi connectivity index (χ3v) is 5.47. The van der Waals surface area contributed by atoms with Gasteiger partial charge in [0.1, 0.15) is 17.5 Å². The maximum Gasteiger partial charge on any atom is 0.257 e. The van der Waals surface area contributed by atoms with Gasteiger partial charge in [-0.25, -0.2) is 15.0 Å². The predicted molar refractivity (Wildman–Crippen MR) is 124 cm³/mol. The first-order chi connectivity index (χ1) is 15.0. The quantitative estimate of drug-likeness (QED) is 0.613. The second kappa shape index (κ2) is 9.31. The molecule has 0 aliphatic carbocycles. The summed E-state index contributed by atoms with van der Waals surface area (Å²) >= 11 is 5.96. The second-order valence-corrected chi connectivity index (χ2v) is 8.15. The number of carbonyl (C=O) groups excluding carboxylic acids is 1. The zero-order valence-electron chi connectivity index (χ0n) is 17.6. The molecule has 0 bridgehead atoms. The highest BCUT2D eigenvalue weighted by molar-refractivity contribution is 6.30. The lowest BCUT2D eigenvalue weighted by atomic mass is 10.0. The standard InChI is InChI=1S/C23H25ClN6O/c1-15-12-22(27-16(2)26-15)30-10-8-19(9-11-30)28-21-7-6-17(14-25-21)23(31)29-20-5-3-4-18(24)13-20/h3-7,12-14,19H,8-11H2,1-2H3,(H,25,28)(H,29,31). The van der Waals surface area contributed by atoms with Crippen LogP contribution in [0.2, 0.25) is 5.02 Å². The van der Waals surface area contributed by atoms with Gasteiger partial charge in [-0.2, -0.15) is 0 Å². The Morgan fingerprint density at radius 3 is 2.58 bits per heavy atom. The molecule has 3 aromatic rings. The van der Waals surface area contributed by atoms with Gasteiger partial charge in [-0.1, -0.05) is 17.7 Å². The van der Waals surface area contributed by atoms with E-state index in [0.29, 0.717) is 22.3 Å². The molecule has 1 aliphatic rings. The van der Waals surface area contributed by atoms with Crippen LogP contribution in [0, 0.1) is 13.8 Å². The third kappa shape index (κ3) is 5.49. The first-order valence-electron chi connectivity index (χ1n) is 10.3. The Morgan fingerprint density at radius 2 is 1.90 bits per heavy atom. The van der Waals surface area contributed by atoms with E-state index in [1.54, 1.807) is 36.5 Å². The Kier molecular flexibility index (Phi) is 6.32.